The normalized spacial score (nSPS) is 16.3. The molecule has 2 N–H and O–H groups in total. The number of quaternary nitrogens is 1. The van der Waals surface area contributed by atoms with E-state index in [-0.39, 0.29) is 16.3 Å². The van der Waals surface area contributed by atoms with Gasteiger partial charge in [-0.2, -0.15) is 4.31 Å². The third-order valence-electron chi connectivity index (χ3n) is 4.60. The highest BCUT2D eigenvalue weighted by Gasteiger charge is 2.31. The Morgan fingerprint density at radius 2 is 1.78 bits per heavy atom. The SMILES string of the molecule is O=[N+]([O-])c1ccc(S(=O)(=O)N2CC[NH+](Cc3cc(Br)ccc3O)CC2)cc1. The van der Waals surface area contributed by atoms with Crippen molar-refractivity contribution in [3.63, 3.8) is 0 Å². The molecular formula is C17H19BrN3O5S+. The van der Waals surface area contributed by atoms with E-state index in [1.807, 2.05) is 6.07 Å². The number of piperazine rings is 1. The van der Waals surface area contributed by atoms with E-state index in [2.05, 4.69) is 15.9 Å². The Hall–Kier alpha value is -2.01. The molecule has 0 unspecified atom stereocenters. The number of phenolic OH excluding ortho intramolecular Hbond substituents is 1. The highest BCUT2D eigenvalue weighted by Crippen LogP contribution is 2.22. The first-order valence-corrected chi connectivity index (χ1v) is 10.6. The Bertz CT molecular complexity index is 942. The fourth-order valence-electron chi connectivity index (χ4n) is 3.07. The molecular weight excluding hydrogens is 438 g/mol. The molecule has 0 amide bonds. The van der Waals surface area contributed by atoms with E-state index in [9.17, 15) is 23.6 Å². The van der Waals surface area contributed by atoms with E-state index in [1.54, 1.807) is 12.1 Å². The van der Waals surface area contributed by atoms with Gasteiger partial charge in [-0.3, -0.25) is 10.1 Å². The molecule has 0 spiro atoms. The van der Waals surface area contributed by atoms with Crippen LogP contribution in [0.1, 0.15) is 5.56 Å². The maximum absolute atomic E-state index is 12.7. The predicted octanol–water partition coefficient (Wildman–Crippen LogP) is 1.15. The van der Waals surface area contributed by atoms with Crippen LogP contribution in [-0.2, 0) is 16.6 Å². The van der Waals surface area contributed by atoms with Crippen molar-refractivity contribution in [1.82, 2.24) is 4.31 Å². The van der Waals surface area contributed by atoms with Gasteiger partial charge in [0.25, 0.3) is 5.69 Å². The maximum Gasteiger partial charge on any atom is 0.269 e. The summed E-state index contributed by atoms with van der Waals surface area (Å²) in [5.74, 6) is 0.228. The number of nitrogens with zero attached hydrogens (tertiary/aromatic N) is 2. The van der Waals surface area contributed by atoms with Gasteiger partial charge in [-0.15, -0.1) is 0 Å². The van der Waals surface area contributed by atoms with Gasteiger partial charge in [0.15, 0.2) is 0 Å². The van der Waals surface area contributed by atoms with Crippen molar-refractivity contribution in [3.8, 4) is 5.75 Å². The lowest BCUT2D eigenvalue weighted by Gasteiger charge is -2.31. The highest BCUT2D eigenvalue weighted by molar-refractivity contribution is 9.10. The zero-order chi connectivity index (χ0) is 19.6. The average molecular weight is 457 g/mol. The van der Waals surface area contributed by atoms with Gasteiger partial charge in [0.1, 0.15) is 12.3 Å². The number of nitro benzene ring substituents is 1. The van der Waals surface area contributed by atoms with E-state index in [0.29, 0.717) is 32.7 Å². The van der Waals surface area contributed by atoms with Crippen LogP contribution in [0.25, 0.3) is 0 Å². The summed E-state index contributed by atoms with van der Waals surface area (Å²) < 4.78 is 27.8. The van der Waals surface area contributed by atoms with Crippen LogP contribution in [0.3, 0.4) is 0 Å². The summed E-state index contributed by atoms with van der Waals surface area (Å²) in [6, 6.07) is 10.2. The molecule has 1 heterocycles. The summed E-state index contributed by atoms with van der Waals surface area (Å²) in [4.78, 5) is 11.4. The van der Waals surface area contributed by atoms with Crippen molar-refractivity contribution in [3.05, 3.63) is 62.6 Å². The Kier molecular flexibility index (Phi) is 5.80. The van der Waals surface area contributed by atoms with Gasteiger partial charge in [-0.25, -0.2) is 8.42 Å². The standard InChI is InChI=1S/C17H18BrN3O5S/c18-14-1-6-17(22)13(11-14)12-19-7-9-20(10-8-19)27(25,26)16-4-2-15(3-5-16)21(23)24/h1-6,11,22H,7-10,12H2/p+1. The molecule has 144 valence electrons. The zero-order valence-corrected chi connectivity index (χ0v) is 16.7. The van der Waals surface area contributed by atoms with Gasteiger partial charge in [0.2, 0.25) is 10.0 Å². The van der Waals surface area contributed by atoms with E-state index >= 15 is 0 Å². The van der Waals surface area contributed by atoms with Crippen molar-refractivity contribution in [2.75, 3.05) is 26.2 Å². The van der Waals surface area contributed by atoms with E-state index in [1.165, 1.54) is 33.5 Å². The Labute approximate surface area is 165 Å². The summed E-state index contributed by atoms with van der Waals surface area (Å²) in [6.45, 7) is 2.53. The molecule has 0 aliphatic carbocycles. The lowest BCUT2D eigenvalue weighted by atomic mass is 10.2. The molecule has 27 heavy (non-hydrogen) atoms. The Morgan fingerprint density at radius 3 is 2.37 bits per heavy atom. The maximum atomic E-state index is 12.7. The topological polar surface area (TPSA) is 105 Å². The number of non-ortho nitro benzene ring substituents is 1. The largest absolute Gasteiger partial charge is 0.507 e. The van der Waals surface area contributed by atoms with Gasteiger partial charge in [0, 0.05) is 22.2 Å². The van der Waals surface area contributed by atoms with Gasteiger partial charge in [-0.05, 0) is 30.3 Å². The number of aromatic hydroxyl groups is 1. The van der Waals surface area contributed by atoms with E-state index < -0.39 is 14.9 Å². The minimum atomic E-state index is -3.68. The number of sulfonamides is 1. The molecule has 0 radical (unpaired) electrons. The highest BCUT2D eigenvalue weighted by atomic mass is 79.9. The minimum Gasteiger partial charge on any atom is -0.507 e. The number of nitro groups is 1. The fourth-order valence-corrected chi connectivity index (χ4v) is 4.92. The quantitative estimate of drug-likeness (QED) is 0.518. The predicted molar refractivity (Wildman–Crippen MR) is 102 cm³/mol. The third kappa shape index (κ3) is 4.46. The van der Waals surface area contributed by atoms with Crippen LogP contribution in [-0.4, -0.2) is 48.9 Å². The van der Waals surface area contributed by atoms with Crippen molar-refractivity contribution < 1.29 is 23.3 Å². The first kappa shape index (κ1) is 19.7. The number of hydrogen-bond acceptors (Lipinski definition) is 5. The molecule has 3 rings (SSSR count). The number of phenols is 1. The number of rotatable bonds is 5. The smallest absolute Gasteiger partial charge is 0.269 e. The van der Waals surface area contributed by atoms with Gasteiger partial charge in [-0.1, -0.05) is 15.9 Å². The summed E-state index contributed by atoms with van der Waals surface area (Å²) in [7, 11) is -3.68. The van der Waals surface area contributed by atoms with Crippen LogP contribution in [0.4, 0.5) is 5.69 Å². The van der Waals surface area contributed by atoms with Crippen molar-refractivity contribution in [1.29, 1.82) is 0 Å². The molecule has 1 fully saturated rings. The number of halogens is 1. The number of hydrogen-bond donors (Lipinski definition) is 2. The first-order valence-electron chi connectivity index (χ1n) is 8.33. The van der Waals surface area contributed by atoms with E-state index in [4.69, 9.17) is 0 Å². The Balaban J connectivity index is 1.65. The van der Waals surface area contributed by atoms with Crippen molar-refractivity contribution >= 4 is 31.6 Å². The first-order chi connectivity index (χ1) is 12.8. The molecule has 1 aliphatic rings. The van der Waals surface area contributed by atoms with Gasteiger partial charge in [0.05, 0.1) is 36.0 Å². The monoisotopic (exact) mass is 456 g/mol. The van der Waals surface area contributed by atoms with Crippen molar-refractivity contribution in [2.24, 2.45) is 0 Å². The lowest BCUT2D eigenvalue weighted by molar-refractivity contribution is -0.917. The van der Waals surface area contributed by atoms with Crippen molar-refractivity contribution in [2.45, 2.75) is 11.4 Å². The van der Waals surface area contributed by atoms with Crippen LogP contribution >= 0.6 is 15.9 Å². The number of benzene rings is 2. The second-order valence-electron chi connectivity index (χ2n) is 6.35. The van der Waals surface area contributed by atoms with Gasteiger partial charge < -0.3 is 10.0 Å². The molecule has 8 nitrogen and oxygen atoms in total. The molecule has 10 heteroatoms. The summed E-state index contributed by atoms with van der Waals surface area (Å²) in [5.41, 5.74) is 0.670. The molecule has 0 saturated carbocycles. The number of nitrogens with one attached hydrogen (secondary N) is 1. The van der Waals surface area contributed by atoms with Gasteiger partial charge >= 0.3 is 0 Å². The van der Waals surface area contributed by atoms with Crippen LogP contribution in [0.5, 0.6) is 5.75 Å². The molecule has 2 aromatic rings. The molecule has 0 atom stereocenters. The van der Waals surface area contributed by atoms with E-state index in [0.717, 1.165) is 10.0 Å². The Morgan fingerprint density at radius 1 is 1.15 bits per heavy atom. The summed E-state index contributed by atoms with van der Waals surface area (Å²) in [5, 5.41) is 20.7. The second kappa shape index (κ2) is 7.93. The second-order valence-corrected chi connectivity index (χ2v) is 9.21. The van der Waals surface area contributed by atoms with Crippen LogP contribution in [0.15, 0.2) is 51.8 Å². The van der Waals surface area contributed by atoms with Crippen LogP contribution in [0.2, 0.25) is 0 Å². The van der Waals surface area contributed by atoms with Crippen LogP contribution in [0, 0.1) is 10.1 Å². The van der Waals surface area contributed by atoms with Crippen LogP contribution < -0.4 is 4.90 Å². The molecule has 0 aromatic heterocycles. The molecule has 1 saturated heterocycles. The average Bonchev–Trinajstić information content (AvgIpc) is 2.65. The summed E-state index contributed by atoms with van der Waals surface area (Å²) >= 11 is 3.39. The summed E-state index contributed by atoms with van der Waals surface area (Å²) in [6.07, 6.45) is 0. The molecule has 2 aromatic carbocycles. The lowest BCUT2D eigenvalue weighted by Crippen LogP contribution is -3.13. The zero-order valence-electron chi connectivity index (χ0n) is 14.3. The third-order valence-corrected chi connectivity index (χ3v) is 7.00. The fraction of sp³-hybridized carbons (Fsp3) is 0.294. The molecule has 0 bridgehead atoms. The molecule has 1 aliphatic heterocycles. The minimum absolute atomic E-state index is 0.0567.